The van der Waals surface area contributed by atoms with Gasteiger partial charge in [0.05, 0.1) is 6.61 Å². The number of halogens is 1. The van der Waals surface area contributed by atoms with E-state index in [-0.39, 0.29) is 12.0 Å². The highest BCUT2D eigenvalue weighted by molar-refractivity contribution is 6.30. The van der Waals surface area contributed by atoms with Crippen LogP contribution in [0.5, 0.6) is 0 Å². The van der Waals surface area contributed by atoms with Crippen molar-refractivity contribution in [3.8, 4) is 0 Å². The van der Waals surface area contributed by atoms with E-state index >= 15 is 0 Å². The van der Waals surface area contributed by atoms with Crippen molar-refractivity contribution in [2.75, 3.05) is 13.7 Å². The van der Waals surface area contributed by atoms with Crippen LogP contribution in [0.3, 0.4) is 0 Å². The summed E-state index contributed by atoms with van der Waals surface area (Å²) in [4.78, 5) is 11.6. The van der Waals surface area contributed by atoms with E-state index in [4.69, 9.17) is 21.1 Å². The monoisotopic (exact) mass is 236 g/mol. The van der Waals surface area contributed by atoms with Crippen molar-refractivity contribution in [2.45, 2.75) is 45.6 Å². The fourth-order valence-corrected chi connectivity index (χ4v) is 0.853. The number of hydrogen-bond donors (Lipinski definition) is 0. The third-order valence-electron chi connectivity index (χ3n) is 2.73. The van der Waals surface area contributed by atoms with E-state index in [9.17, 15) is 4.79 Å². The second kappa shape index (κ2) is 5.17. The third-order valence-corrected chi connectivity index (χ3v) is 3.03. The number of ether oxygens (including phenoxy) is 2. The van der Waals surface area contributed by atoms with E-state index in [0.717, 1.165) is 0 Å². The van der Waals surface area contributed by atoms with Gasteiger partial charge in [0, 0.05) is 12.5 Å². The Balaban J connectivity index is 4.41. The van der Waals surface area contributed by atoms with Crippen molar-refractivity contribution < 1.29 is 14.3 Å². The summed E-state index contributed by atoms with van der Waals surface area (Å²) < 4.78 is 10.2. The van der Waals surface area contributed by atoms with Gasteiger partial charge in [0.2, 0.25) is 0 Å². The van der Waals surface area contributed by atoms with E-state index in [1.54, 1.807) is 0 Å². The highest BCUT2D eigenvalue weighted by atomic mass is 35.5. The van der Waals surface area contributed by atoms with Crippen LogP contribution in [0.4, 0.5) is 0 Å². The van der Waals surface area contributed by atoms with Crippen molar-refractivity contribution in [3.63, 3.8) is 0 Å². The lowest BCUT2D eigenvalue weighted by molar-refractivity contribution is -0.167. The maximum absolute atomic E-state index is 11.6. The first kappa shape index (κ1) is 14.7. The molecule has 1 atom stereocenters. The second-order valence-electron chi connectivity index (χ2n) is 5.10. The minimum absolute atomic E-state index is 0.133. The average Bonchev–Trinajstić information content (AvgIpc) is 2.01. The Bertz CT molecular complexity index is 218. The number of methoxy groups -OCH3 is 1. The van der Waals surface area contributed by atoms with Crippen molar-refractivity contribution in [1.29, 1.82) is 0 Å². The van der Waals surface area contributed by atoms with Crippen molar-refractivity contribution in [2.24, 2.45) is 5.41 Å². The summed E-state index contributed by atoms with van der Waals surface area (Å²) in [6.45, 7) is 9.96. The molecule has 4 heteroatoms. The van der Waals surface area contributed by atoms with Crippen molar-refractivity contribution in [1.82, 2.24) is 0 Å². The van der Waals surface area contributed by atoms with Crippen LogP contribution >= 0.6 is 11.6 Å². The highest BCUT2D eigenvalue weighted by Gasteiger charge is 2.37. The van der Waals surface area contributed by atoms with Crippen LogP contribution in [-0.4, -0.2) is 30.7 Å². The molecule has 90 valence electrons. The molecule has 3 nitrogen and oxygen atoms in total. The molecular weight excluding hydrogens is 216 g/mol. The Morgan fingerprint density at radius 2 is 1.73 bits per heavy atom. The molecule has 0 fully saturated rings. The van der Waals surface area contributed by atoms with Crippen LogP contribution in [0, 0.1) is 5.41 Å². The minimum Gasteiger partial charge on any atom is -0.458 e. The molecule has 0 spiro atoms. The summed E-state index contributed by atoms with van der Waals surface area (Å²) in [5.41, 5.74) is -0.683. The maximum atomic E-state index is 11.6. The molecule has 0 aliphatic rings. The first-order chi connectivity index (χ1) is 6.62. The van der Waals surface area contributed by atoms with Crippen molar-refractivity contribution >= 4 is 17.6 Å². The van der Waals surface area contributed by atoms with Crippen LogP contribution in [0.1, 0.15) is 34.6 Å². The zero-order valence-electron chi connectivity index (χ0n) is 10.4. The zero-order valence-corrected chi connectivity index (χ0v) is 11.1. The number of hydrogen-bond acceptors (Lipinski definition) is 3. The average molecular weight is 237 g/mol. The summed E-state index contributed by atoms with van der Waals surface area (Å²) in [6, 6.07) is 0. The van der Waals surface area contributed by atoms with Crippen LogP contribution in [0.25, 0.3) is 0 Å². The quantitative estimate of drug-likeness (QED) is 0.556. The van der Waals surface area contributed by atoms with Crippen LogP contribution in [0.2, 0.25) is 0 Å². The molecule has 0 radical (unpaired) electrons. The topological polar surface area (TPSA) is 35.5 Å². The number of carbonyl (C=O) groups is 1. The molecule has 0 saturated carbocycles. The SMILES string of the molecule is COCC(Cl)C(=O)OC(C)(C)C(C)(C)C. The van der Waals surface area contributed by atoms with Crippen LogP contribution in [0.15, 0.2) is 0 Å². The van der Waals surface area contributed by atoms with Gasteiger partial charge in [-0.15, -0.1) is 11.6 Å². The Morgan fingerprint density at radius 1 is 1.27 bits per heavy atom. The molecular formula is C11H21ClO3. The molecule has 0 amide bonds. The molecule has 0 rings (SSSR count). The lowest BCUT2D eigenvalue weighted by Gasteiger charge is -2.38. The van der Waals surface area contributed by atoms with Crippen LogP contribution in [-0.2, 0) is 14.3 Å². The molecule has 1 unspecified atom stereocenters. The minimum atomic E-state index is -0.739. The number of alkyl halides is 1. The Kier molecular flexibility index (Phi) is 5.07. The normalized spacial score (nSPS) is 14.9. The molecule has 0 aliphatic heterocycles. The summed E-state index contributed by atoms with van der Waals surface area (Å²) in [5, 5.41) is -0.739. The van der Waals surface area contributed by atoms with E-state index in [2.05, 4.69) is 0 Å². The largest absolute Gasteiger partial charge is 0.458 e. The fourth-order valence-electron chi connectivity index (χ4n) is 0.683. The molecule has 0 heterocycles. The lowest BCUT2D eigenvalue weighted by Crippen LogP contribution is -2.43. The second-order valence-corrected chi connectivity index (χ2v) is 5.63. The number of esters is 1. The standard InChI is InChI=1S/C11H21ClO3/c1-10(2,3)11(4,5)15-9(13)8(12)7-14-6/h8H,7H2,1-6H3. The van der Waals surface area contributed by atoms with E-state index in [0.29, 0.717) is 0 Å². The van der Waals surface area contributed by atoms with Crippen molar-refractivity contribution in [3.05, 3.63) is 0 Å². The molecule has 0 aliphatic carbocycles. The van der Waals surface area contributed by atoms with Gasteiger partial charge in [0.1, 0.15) is 5.60 Å². The van der Waals surface area contributed by atoms with Gasteiger partial charge < -0.3 is 9.47 Å². The molecule has 0 aromatic rings. The molecule has 0 aromatic heterocycles. The van der Waals surface area contributed by atoms with E-state index in [1.165, 1.54) is 7.11 Å². The number of rotatable bonds is 4. The van der Waals surface area contributed by atoms with Gasteiger partial charge in [-0.25, -0.2) is 0 Å². The first-order valence-corrected chi connectivity index (χ1v) is 5.41. The Labute approximate surface area is 97.1 Å². The van der Waals surface area contributed by atoms with E-state index < -0.39 is 16.9 Å². The molecule has 15 heavy (non-hydrogen) atoms. The van der Waals surface area contributed by atoms with Gasteiger partial charge >= 0.3 is 5.97 Å². The molecule has 0 bridgehead atoms. The fraction of sp³-hybridized carbons (Fsp3) is 0.909. The maximum Gasteiger partial charge on any atom is 0.327 e. The third kappa shape index (κ3) is 4.39. The van der Waals surface area contributed by atoms with Gasteiger partial charge in [-0.1, -0.05) is 20.8 Å². The molecule has 0 N–H and O–H groups in total. The predicted octanol–water partition coefficient (Wildman–Crippen LogP) is 2.61. The molecule has 0 saturated heterocycles. The Hall–Kier alpha value is -0.280. The number of carbonyl (C=O) groups excluding carboxylic acids is 1. The lowest BCUT2D eigenvalue weighted by atomic mass is 9.79. The van der Waals surface area contributed by atoms with Gasteiger partial charge in [0.15, 0.2) is 5.38 Å². The summed E-state index contributed by atoms with van der Waals surface area (Å²) in [5.74, 6) is -0.432. The Morgan fingerprint density at radius 3 is 2.07 bits per heavy atom. The summed E-state index contributed by atoms with van der Waals surface area (Å²) in [6.07, 6.45) is 0. The van der Waals surface area contributed by atoms with Gasteiger partial charge in [0.25, 0.3) is 0 Å². The summed E-state index contributed by atoms with van der Waals surface area (Å²) >= 11 is 5.79. The van der Waals surface area contributed by atoms with E-state index in [1.807, 2.05) is 34.6 Å². The zero-order chi connectivity index (χ0) is 12.3. The van der Waals surface area contributed by atoms with Gasteiger partial charge in [-0.3, -0.25) is 4.79 Å². The smallest absolute Gasteiger partial charge is 0.327 e. The van der Waals surface area contributed by atoms with Gasteiger partial charge in [-0.2, -0.15) is 0 Å². The predicted molar refractivity (Wildman–Crippen MR) is 61.1 cm³/mol. The first-order valence-electron chi connectivity index (χ1n) is 4.97. The van der Waals surface area contributed by atoms with Gasteiger partial charge in [-0.05, 0) is 13.8 Å². The van der Waals surface area contributed by atoms with Crippen LogP contribution < -0.4 is 0 Å². The highest BCUT2D eigenvalue weighted by Crippen LogP contribution is 2.33. The summed E-state index contributed by atoms with van der Waals surface area (Å²) in [7, 11) is 1.50. The molecule has 0 aromatic carbocycles.